The number of benzene rings is 3. The first-order chi connectivity index (χ1) is 15.6. The van der Waals surface area contributed by atoms with Crippen LogP contribution < -0.4 is 4.90 Å². The van der Waals surface area contributed by atoms with Gasteiger partial charge in [0.1, 0.15) is 11.6 Å². The quantitative estimate of drug-likeness (QED) is 0.449. The smallest absolute Gasteiger partial charge is 0.175 e. The highest BCUT2D eigenvalue weighted by atomic mass is 35.5. The summed E-state index contributed by atoms with van der Waals surface area (Å²) in [7, 11) is 0. The lowest BCUT2D eigenvalue weighted by Crippen LogP contribution is -2.46. The molecule has 0 atom stereocenters. The summed E-state index contributed by atoms with van der Waals surface area (Å²) in [6.45, 7) is 3.98. The summed E-state index contributed by atoms with van der Waals surface area (Å²) in [5.41, 5.74) is 3.63. The molecule has 0 spiro atoms. The van der Waals surface area contributed by atoms with E-state index in [1.165, 1.54) is 6.07 Å². The van der Waals surface area contributed by atoms with E-state index in [0.717, 1.165) is 42.3 Å². The van der Waals surface area contributed by atoms with Gasteiger partial charge in [-0.1, -0.05) is 41.0 Å². The SMILES string of the molecule is Oc1ccc2c(Cc3ccccc3F)noc2c1CN1CCN(c2cccc(Cl)c2)CC1. The molecule has 2 heterocycles. The van der Waals surface area contributed by atoms with Gasteiger partial charge in [-0.15, -0.1) is 0 Å². The fourth-order valence-corrected chi connectivity index (χ4v) is 4.45. The summed E-state index contributed by atoms with van der Waals surface area (Å²) in [5, 5.41) is 16.3. The minimum absolute atomic E-state index is 0.184. The van der Waals surface area contributed by atoms with Gasteiger partial charge in [-0.2, -0.15) is 0 Å². The van der Waals surface area contributed by atoms with E-state index in [2.05, 4.69) is 21.0 Å². The van der Waals surface area contributed by atoms with Gasteiger partial charge in [0.25, 0.3) is 0 Å². The van der Waals surface area contributed by atoms with E-state index >= 15 is 0 Å². The maximum atomic E-state index is 14.1. The van der Waals surface area contributed by atoms with Crippen LogP contribution in [0.4, 0.5) is 10.1 Å². The molecule has 1 saturated heterocycles. The highest BCUT2D eigenvalue weighted by Crippen LogP contribution is 2.32. The molecule has 1 aromatic heterocycles. The van der Waals surface area contributed by atoms with Gasteiger partial charge in [0, 0.05) is 55.2 Å². The summed E-state index contributed by atoms with van der Waals surface area (Å²) >= 11 is 6.13. The van der Waals surface area contributed by atoms with Gasteiger partial charge in [-0.3, -0.25) is 4.90 Å². The molecule has 164 valence electrons. The second-order valence-electron chi connectivity index (χ2n) is 8.08. The van der Waals surface area contributed by atoms with Crippen molar-refractivity contribution >= 4 is 28.3 Å². The van der Waals surface area contributed by atoms with E-state index in [0.29, 0.717) is 35.4 Å². The average molecular weight is 452 g/mol. The van der Waals surface area contributed by atoms with Crippen molar-refractivity contribution in [3.05, 3.63) is 88.3 Å². The van der Waals surface area contributed by atoms with Crippen LogP contribution in [-0.2, 0) is 13.0 Å². The van der Waals surface area contributed by atoms with E-state index in [9.17, 15) is 9.50 Å². The summed E-state index contributed by atoms with van der Waals surface area (Å²) in [4.78, 5) is 4.60. The fraction of sp³-hybridized carbons (Fsp3) is 0.240. The van der Waals surface area contributed by atoms with Gasteiger partial charge in [0.2, 0.25) is 0 Å². The predicted molar refractivity (Wildman–Crippen MR) is 124 cm³/mol. The Morgan fingerprint density at radius 3 is 2.59 bits per heavy atom. The van der Waals surface area contributed by atoms with Crippen molar-refractivity contribution < 1.29 is 14.0 Å². The van der Waals surface area contributed by atoms with Crippen LogP contribution in [0.2, 0.25) is 5.02 Å². The standard InChI is InChI=1S/C25H23ClFN3O2/c26-18-5-3-6-19(15-18)30-12-10-29(11-13-30)16-21-24(31)9-8-20-23(28-32-25(20)21)14-17-4-1-2-7-22(17)27/h1-9,15,31H,10-14,16H2. The largest absolute Gasteiger partial charge is 0.507 e. The molecule has 5 rings (SSSR count). The normalized spacial score (nSPS) is 14.9. The van der Waals surface area contributed by atoms with E-state index in [-0.39, 0.29) is 11.6 Å². The number of nitrogens with zero attached hydrogens (tertiary/aromatic N) is 3. The number of phenolic OH excluding ortho intramolecular Hbond substituents is 1. The number of hydrogen-bond acceptors (Lipinski definition) is 5. The topological polar surface area (TPSA) is 52.7 Å². The van der Waals surface area contributed by atoms with Gasteiger partial charge < -0.3 is 14.5 Å². The van der Waals surface area contributed by atoms with Crippen LogP contribution in [-0.4, -0.2) is 41.3 Å². The third-order valence-electron chi connectivity index (χ3n) is 6.04. The highest BCUT2D eigenvalue weighted by Gasteiger charge is 2.22. The van der Waals surface area contributed by atoms with Gasteiger partial charge in [-0.25, -0.2) is 4.39 Å². The number of hydrogen-bond donors (Lipinski definition) is 1. The zero-order chi connectivity index (χ0) is 22.1. The molecule has 1 aliphatic rings. The lowest BCUT2D eigenvalue weighted by molar-refractivity contribution is 0.246. The van der Waals surface area contributed by atoms with Gasteiger partial charge >= 0.3 is 0 Å². The number of anilines is 1. The molecule has 0 saturated carbocycles. The molecule has 0 bridgehead atoms. The molecule has 3 aromatic carbocycles. The number of phenols is 1. The van der Waals surface area contributed by atoms with E-state index in [4.69, 9.17) is 16.1 Å². The van der Waals surface area contributed by atoms with Gasteiger partial charge in [0.05, 0.1) is 11.3 Å². The van der Waals surface area contributed by atoms with Crippen molar-refractivity contribution in [3.63, 3.8) is 0 Å². The van der Waals surface area contributed by atoms with Crippen LogP contribution in [0.3, 0.4) is 0 Å². The van der Waals surface area contributed by atoms with Crippen LogP contribution in [0, 0.1) is 5.82 Å². The number of piperazine rings is 1. The average Bonchev–Trinajstić information content (AvgIpc) is 3.21. The summed E-state index contributed by atoms with van der Waals surface area (Å²) < 4.78 is 19.7. The van der Waals surface area contributed by atoms with Crippen molar-refractivity contribution in [1.29, 1.82) is 0 Å². The molecule has 1 fully saturated rings. The van der Waals surface area contributed by atoms with Crippen LogP contribution >= 0.6 is 11.6 Å². The molecule has 7 heteroatoms. The number of halogens is 2. The van der Waals surface area contributed by atoms with E-state index in [1.807, 2.05) is 18.2 Å². The molecule has 32 heavy (non-hydrogen) atoms. The van der Waals surface area contributed by atoms with Gasteiger partial charge in [-0.05, 0) is 42.0 Å². The second-order valence-corrected chi connectivity index (χ2v) is 8.52. The number of aromatic hydroxyl groups is 1. The Morgan fingerprint density at radius 2 is 1.81 bits per heavy atom. The first kappa shape index (κ1) is 20.8. The second kappa shape index (κ2) is 8.81. The van der Waals surface area contributed by atoms with Crippen LogP contribution in [0.5, 0.6) is 5.75 Å². The minimum atomic E-state index is -0.264. The molecular weight excluding hydrogens is 429 g/mol. The molecule has 4 aromatic rings. The van der Waals surface area contributed by atoms with Crippen molar-refractivity contribution in [1.82, 2.24) is 10.1 Å². The van der Waals surface area contributed by atoms with E-state index < -0.39 is 0 Å². The first-order valence-electron chi connectivity index (χ1n) is 10.6. The Kier molecular flexibility index (Phi) is 5.72. The van der Waals surface area contributed by atoms with Crippen LogP contribution in [0.25, 0.3) is 11.0 Å². The lowest BCUT2D eigenvalue weighted by Gasteiger charge is -2.36. The lowest BCUT2D eigenvalue weighted by atomic mass is 10.0. The van der Waals surface area contributed by atoms with Crippen molar-refractivity contribution in [2.75, 3.05) is 31.1 Å². The molecule has 0 unspecified atom stereocenters. The minimum Gasteiger partial charge on any atom is -0.507 e. The van der Waals surface area contributed by atoms with E-state index in [1.54, 1.807) is 30.3 Å². The maximum absolute atomic E-state index is 14.1. The third-order valence-corrected chi connectivity index (χ3v) is 6.27. The molecule has 1 aliphatic heterocycles. The molecular formula is C25H23ClFN3O2. The maximum Gasteiger partial charge on any atom is 0.175 e. The Bertz CT molecular complexity index is 1250. The Hall–Kier alpha value is -3.09. The summed E-state index contributed by atoms with van der Waals surface area (Å²) in [6, 6.07) is 18.0. The molecule has 0 radical (unpaired) electrons. The van der Waals surface area contributed by atoms with Gasteiger partial charge in [0.15, 0.2) is 5.58 Å². The molecule has 5 nitrogen and oxygen atoms in total. The van der Waals surface area contributed by atoms with Crippen molar-refractivity contribution in [2.24, 2.45) is 0 Å². The Balaban J connectivity index is 1.33. The Labute approximate surface area is 190 Å². The summed E-state index contributed by atoms with van der Waals surface area (Å²) in [6.07, 6.45) is 0.336. The Morgan fingerprint density at radius 1 is 1.00 bits per heavy atom. The van der Waals surface area contributed by atoms with Crippen molar-refractivity contribution in [3.8, 4) is 5.75 Å². The number of fused-ring (bicyclic) bond motifs is 1. The third kappa shape index (κ3) is 4.16. The van der Waals surface area contributed by atoms with Crippen LogP contribution in [0.1, 0.15) is 16.8 Å². The predicted octanol–water partition coefficient (Wildman–Crippen LogP) is 5.24. The highest BCUT2D eigenvalue weighted by molar-refractivity contribution is 6.30. The molecule has 0 amide bonds. The summed E-state index contributed by atoms with van der Waals surface area (Å²) in [5.74, 6) is -0.0800. The monoisotopic (exact) mass is 451 g/mol. The first-order valence-corrected chi connectivity index (χ1v) is 11.0. The zero-order valence-electron chi connectivity index (χ0n) is 17.5. The van der Waals surface area contributed by atoms with Crippen LogP contribution in [0.15, 0.2) is 65.2 Å². The van der Waals surface area contributed by atoms with Crippen molar-refractivity contribution in [2.45, 2.75) is 13.0 Å². The molecule has 0 aliphatic carbocycles. The number of rotatable bonds is 5. The molecule has 1 N–H and O–H groups in total. The number of aromatic nitrogens is 1. The fourth-order valence-electron chi connectivity index (χ4n) is 4.26. The zero-order valence-corrected chi connectivity index (χ0v) is 18.2.